The van der Waals surface area contributed by atoms with E-state index < -0.39 is 0 Å². The van der Waals surface area contributed by atoms with Crippen LogP contribution in [0.2, 0.25) is 5.02 Å². The van der Waals surface area contributed by atoms with Gasteiger partial charge in [0.05, 0.1) is 20.3 Å². The molecule has 1 unspecified atom stereocenters. The van der Waals surface area contributed by atoms with E-state index in [4.69, 9.17) is 21.1 Å². The van der Waals surface area contributed by atoms with Crippen molar-refractivity contribution in [3.8, 4) is 11.5 Å². The van der Waals surface area contributed by atoms with Crippen molar-refractivity contribution >= 4 is 41.5 Å². The summed E-state index contributed by atoms with van der Waals surface area (Å²) < 4.78 is 10.8. The van der Waals surface area contributed by atoms with Gasteiger partial charge in [-0.1, -0.05) is 29.8 Å². The number of guanidine groups is 1. The van der Waals surface area contributed by atoms with Gasteiger partial charge in [0.2, 0.25) is 0 Å². The molecule has 8 heteroatoms. The molecule has 166 valence electrons. The van der Waals surface area contributed by atoms with Gasteiger partial charge in [0.15, 0.2) is 17.5 Å². The molecule has 0 radical (unpaired) electrons. The third kappa shape index (κ3) is 7.85. The molecule has 0 spiro atoms. The first-order valence-corrected chi connectivity index (χ1v) is 9.93. The van der Waals surface area contributed by atoms with Crippen molar-refractivity contribution in [2.24, 2.45) is 4.99 Å². The van der Waals surface area contributed by atoms with Gasteiger partial charge in [-0.15, -0.1) is 24.0 Å². The molecule has 0 bridgehead atoms. The molecule has 0 saturated carbocycles. The van der Waals surface area contributed by atoms with Crippen LogP contribution in [0, 0.1) is 0 Å². The third-order valence-electron chi connectivity index (χ3n) is 4.70. The van der Waals surface area contributed by atoms with Crippen molar-refractivity contribution in [2.75, 3.05) is 48.5 Å². The van der Waals surface area contributed by atoms with Crippen LogP contribution in [0.25, 0.3) is 0 Å². The van der Waals surface area contributed by atoms with Crippen LogP contribution in [0.1, 0.15) is 17.2 Å². The van der Waals surface area contributed by atoms with E-state index in [1.54, 1.807) is 21.3 Å². The van der Waals surface area contributed by atoms with Crippen molar-refractivity contribution in [2.45, 2.75) is 12.5 Å². The monoisotopic (exact) mass is 546 g/mol. The zero-order chi connectivity index (χ0) is 21.2. The lowest BCUT2D eigenvalue weighted by Crippen LogP contribution is -2.42. The van der Waals surface area contributed by atoms with Gasteiger partial charge in [0, 0.05) is 25.2 Å². The Bertz CT molecular complexity index is 817. The first-order valence-electron chi connectivity index (χ1n) is 9.55. The summed E-state index contributed by atoms with van der Waals surface area (Å²) in [5, 5.41) is 7.53. The fraction of sp³-hybridized carbons (Fsp3) is 0.409. The summed E-state index contributed by atoms with van der Waals surface area (Å²) in [6.07, 6.45) is 0.869. The number of nitrogens with zero attached hydrogens (tertiary/aromatic N) is 2. The van der Waals surface area contributed by atoms with E-state index >= 15 is 0 Å². The Hall–Kier alpha value is -1.71. The molecule has 2 rings (SSSR count). The summed E-state index contributed by atoms with van der Waals surface area (Å²) in [7, 11) is 9.17. The normalized spacial score (nSPS) is 12.2. The number of benzene rings is 2. The summed E-state index contributed by atoms with van der Waals surface area (Å²) in [5.74, 6) is 2.21. The highest BCUT2D eigenvalue weighted by Gasteiger charge is 2.17. The van der Waals surface area contributed by atoms with Crippen molar-refractivity contribution < 1.29 is 9.47 Å². The van der Waals surface area contributed by atoms with E-state index in [2.05, 4.69) is 46.8 Å². The Morgan fingerprint density at radius 1 is 1.07 bits per heavy atom. The van der Waals surface area contributed by atoms with Gasteiger partial charge in [-0.05, 0) is 55.9 Å². The van der Waals surface area contributed by atoms with Crippen LogP contribution in [0.4, 0.5) is 0 Å². The number of likely N-dealkylation sites (N-methyl/N-ethyl adjacent to an activating group) is 1. The maximum absolute atomic E-state index is 6.05. The number of nitrogens with one attached hydrogen (secondary N) is 2. The highest BCUT2D eigenvalue weighted by atomic mass is 127. The minimum atomic E-state index is 0. The molecule has 30 heavy (non-hydrogen) atoms. The Kier molecular flexibility index (Phi) is 11.9. The molecule has 0 amide bonds. The molecule has 2 aromatic rings. The first kappa shape index (κ1) is 26.3. The second kappa shape index (κ2) is 13.6. The summed E-state index contributed by atoms with van der Waals surface area (Å²) >= 11 is 6.05. The molecule has 0 heterocycles. The van der Waals surface area contributed by atoms with Crippen LogP contribution in [-0.2, 0) is 6.42 Å². The zero-order valence-corrected chi connectivity index (χ0v) is 21.3. The summed E-state index contributed by atoms with van der Waals surface area (Å²) in [4.78, 5) is 6.49. The van der Waals surface area contributed by atoms with E-state index in [1.165, 1.54) is 5.56 Å². The first-order chi connectivity index (χ1) is 14.0. The van der Waals surface area contributed by atoms with Gasteiger partial charge in [-0.2, -0.15) is 0 Å². The van der Waals surface area contributed by atoms with Crippen LogP contribution >= 0.6 is 35.6 Å². The summed E-state index contributed by atoms with van der Waals surface area (Å²) in [6, 6.07) is 14.1. The maximum atomic E-state index is 6.05. The number of hydrogen-bond donors (Lipinski definition) is 2. The highest BCUT2D eigenvalue weighted by Crippen LogP contribution is 2.31. The molecule has 2 aromatic carbocycles. The molecule has 0 aromatic heterocycles. The van der Waals surface area contributed by atoms with E-state index in [-0.39, 0.29) is 30.0 Å². The largest absolute Gasteiger partial charge is 0.493 e. The fourth-order valence-corrected chi connectivity index (χ4v) is 3.30. The fourth-order valence-electron chi connectivity index (χ4n) is 3.09. The standard InChI is InChI=1S/C22H31ClN4O2.HI/c1-24-22(25-12-11-16-7-6-8-18(23)13-16)26-15-19(27(2)3)17-9-10-20(28-4)21(14-17)29-5;/h6-10,13-14,19H,11-12,15H2,1-5H3,(H2,24,25,26);1H. The number of methoxy groups -OCH3 is 2. The predicted octanol–water partition coefficient (Wildman–Crippen LogP) is 3.99. The van der Waals surface area contributed by atoms with Crippen molar-refractivity contribution in [3.05, 3.63) is 58.6 Å². The van der Waals surface area contributed by atoms with Gasteiger partial charge in [0.1, 0.15) is 0 Å². The van der Waals surface area contributed by atoms with Gasteiger partial charge in [-0.25, -0.2) is 0 Å². The number of halogens is 2. The smallest absolute Gasteiger partial charge is 0.191 e. The Morgan fingerprint density at radius 3 is 2.40 bits per heavy atom. The Labute approximate surface area is 202 Å². The minimum Gasteiger partial charge on any atom is -0.493 e. The highest BCUT2D eigenvalue weighted by molar-refractivity contribution is 14.0. The molecular weight excluding hydrogens is 515 g/mol. The maximum Gasteiger partial charge on any atom is 0.191 e. The van der Waals surface area contributed by atoms with Crippen LogP contribution in [0.5, 0.6) is 11.5 Å². The third-order valence-corrected chi connectivity index (χ3v) is 4.93. The number of hydrogen-bond acceptors (Lipinski definition) is 4. The van der Waals surface area contributed by atoms with E-state index in [0.717, 1.165) is 41.0 Å². The summed E-state index contributed by atoms with van der Waals surface area (Å²) in [6.45, 7) is 1.46. The number of aliphatic imine (C=N–C) groups is 1. The average Bonchev–Trinajstić information content (AvgIpc) is 2.72. The molecule has 1 atom stereocenters. The van der Waals surface area contributed by atoms with Gasteiger partial charge in [-0.3, -0.25) is 4.99 Å². The Balaban J connectivity index is 0.00000450. The number of ether oxygens (including phenoxy) is 2. The van der Waals surface area contributed by atoms with E-state index in [1.807, 2.05) is 30.3 Å². The van der Waals surface area contributed by atoms with Crippen LogP contribution < -0.4 is 20.1 Å². The van der Waals surface area contributed by atoms with Crippen molar-refractivity contribution in [1.29, 1.82) is 0 Å². The summed E-state index contributed by atoms with van der Waals surface area (Å²) in [5.41, 5.74) is 2.33. The van der Waals surface area contributed by atoms with Crippen LogP contribution in [0.3, 0.4) is 0 Å². The van der Waals surface area contributed by atoms with Gasteiger partial charge in [0.25, 0.3) is 0 Å². The molecule has 0 fully saturated rings. The molecule has 0 saturated heterocycles. The number of rotatable bonds is 9. The van der Waals surface area contributed by atoms with Crippen molar-refractivity contribution in [1.82, 2.24) is 15.5 Å². The second-order valence-electron chi connectivity index (χ2n) is 6.85. The minimum absolute atomic E-state index is 0. The molecule has 6 nitrogen and oxygen atoms in total. The molecule has 0 aliphatic carbocycles. The predicted molar refractivity (Wildman–Crippen MR) is 136 cm³/mol. The lowest BCUT2D eigenvalue weighted by atomic mass is 10.1. The van der Waals surface area contributed by atoms with E-state index in [0.29, 0.717) is 6.54 Å². The SMILES string of the molecule is CN=C(NCCc1cccc(Cl)c1)NCC(c1ccc(OC)c(OC)c1)N(C)C.I. The molecule has 0 aliphatic heterocycles. The quantitative estimate of drug-likeness (QED) is 0.283. The topological polar surface area (TPSA) is 58.1 Å². The molecule has 2 N–H and O–H groups in total. The van der Waals surface area contributed by atoms with Crippen molar-refractivity contribution in [3.63, 3.8) is 0 Å². The van der Waals surface area contributed by atoms with Crippen LogP contribution in [0.15, 0.2) is 47.5 Å². The lowest BCUT2D eigenvalue weighted by Gasteiger charge is -2.26. The lowest BCUT2D eigenvalue weighted by molar-refractivity contribution is 0.295. The van der Waals surface area contributed by atoms with Gasteiger partial charge < -0.3 is 25.0 Å². The molecular formula is C22H32ClIN4O2. The van der Waals surface area contributed by atoms with E-state index in [9.17, 15) is 0 Å². The van der Waals surface area contributed by atoms with Gasteiger partial charge >= 0.3 is 0 Å². The van der Waals surface area contributed by atoms with Crippen LogP contribution in [-0.4, -0.2) is 59.3 Å². The molecule has 0 aliphatic rings. The second-order valence-corrected chi connectivity index (χ2v) is 7.29. The zero-order valence-electron chi connectivity index (χ0n) is 18.2. The average molecular weight is 547 g/mol. The Morgan fingerprint density at radius 2 is 1.80 bits per heavy atom.